The lowest BCUT2D eigenvalue weighted by Gasteiger charge is -2.36. The van der Waals surface area contributed by atoms with E-state index in [1.54, 1.807) is 143 Å². The minimum Gasteiger partial charge on any atom is -0.480 e. The van der Waals surface area contributed by atoms with E-state index in [1.807, 2.05) is 48.5 Å². The van der Waals surface area contributed by atoms with Gasteiger partial charge in [-0.3, -0.25) is 43.5 Å². The first kappa shape index (κ1) is 66.6. The fourth-order valence-corrected chi connectivity index (χ4v) is 8.94. The molecule has 0 spiro atoms. The molecular weight excluding hydrogens is 1040 g/mol. The summed E-state index contributed by atoms with van der Waals surface area (Å²) in [7, 11) is 0. The average molecular weight is 1130 g/mol. The first-order valence-corrected chi connectivity index (χ1v) is 27.4. The van der Waals surface area contributed by atoms with Gasteiger partial charge in [-0.05, 0) is 157 Å². The Morgan fingerprint density at radius 1 is 0.531 bits per heavy atom. The van der Waals surface area contributed by atoms with Crippen LogP contribution in [0.1, 0.15) is 139 Å². The van der Waals surface area contributed by atoms with Crippen molar-refractivity contribution in [3.05, 3.63) is 89.5 Å². The molecule has 0 bridgehead atoms. The molecule has 1 aliphatic carbocycles. The number of amides is 2. The second kappa shape index (κ2) is 28.7. The topological polar surface area (TPSA) is 246 Å². The van der Waals surface area contributed by atoms with Crippen molar-refractivity contribution in [3.8, 4) is 11.1 Å². The average Bonchev–Trinajstić information content (AvgIpc) is 3.69. The predicted molar refractivity (Wildman–Crippen MR) is 305 cm³/mol. The molecule has 81 heavy (non-hydrogen) atoms. The Morgan fingerprint density at radius 3 is 1.35 bits per heavy atom. The molecule has 0 saturated heterocycles. The van der Waals surface area contributed by atoms with Crippen molar-refractivity contribution < 1.29 is 71.9 Å². The molecule has 0 aromatic heterocycles. The SMILES string of the molecule is CC(C)(C)OC(=O)CN(CCN(CC(=O)OC(C)(C)C)CC(Cc1ccc(NC(=O)CCC(NC(=O)OCC2c3ccccc3-c3ccccc32)C(=O)O)cc1)N(CC(=O)OC(C)(C)C)CC(=O)OC(C)(C)C)CC(=O)OC(C)(C)C. The third kappa shape index (κ3) is 25.2. The zero-order chi connectivity index (χ0) is 60.7. The predicted octanol–water partition coefficient (Wildman–Crippen LogP) is 7.92. The summed E-state index contributed by atoms with van der Waals surface area (Å²) in [6.07, 6.45) is -1.28. The second-order valence-electron chi connectivity index (χ2n) is 25.3. The summed E-state index contributed by atoms with van der Waals surface area (Å²) in [6.45, 7) is 24.4. The van der Waals surface area contributed by atoms with Gasteiger partial charge in [0.2, 0.25) is 5.91 Å². The number of alkyl carbamates (subject to hydrolysis) is 1. The maximum absolute atomic E-state index is 13.7. The minimum absolute atomic E-state index is 0.0187. The molecule has 0 aliphatic heterocycles. The molecule has 0 radical (unpaired) electrons. The number of ether oxygens (including phenoxy) is 6. The number of carbonyl (C=O) groups is 8. The van der Waals surface area contributed by atoms with Gasteiger partial charge < -0.3 is 44.2 Å². The molecule has 2 atom stereocenters. The van der Waals surface area contributed by atoms with Crippen LogP contribution in [0.4, 0.5) is 10.5 Å². The van der Waals surface area contributed by atoms with Crippen LogP contribution in [0, 0.1) is 0 Å². The van der Waals surface area contributed by atoms with Crippen LogP contribution in [0.5, 0.6) is 0 Å². The van der Waals surface area contributed by atoms with Crippen LogP contribution in [0.25, 0.3) is 11.1 Å². The van der Waals surface area contributed by atoms with Crippen molar-refractivity contribution in [3.63, 3.8) is 0 Å². The summed E-state index contributed by atoms with van der Waals surface area (Å²) >= 11 is 0. The van der Waals surface area contributed by atoms with Crippen LogP contribution in [-0.4, -0.2) is 167 Å². The molecule has 0 heterocycles. The van der Waals surface area contributed by atoms with E-state index in [-0.39, 0.29) is 84.1 Å². The summed E-state index contributed by atoms with van der Waals surface area (Å²) in [6, 6.07) is 20.2. The summed E-state index contributed by atoms with van der Waals surface area (Å²) in [5.74, 6) is -5.12. The number of carboxylic acid groups (broad SMARTS) is 1. The number of nitrogens with one attached hydrogen (secondary N) is 2. The summed E-state index contributed by atoms with van der Waals surface area (Å²) in [4.78, 5) is 111. The fraction of sp³-hybridized carbons (Fsp3) is 0.574. The van der Waals surface area contributed by atoms with Gasteiger partial charge >= 0.3 is 41.9 Å². The van der Waals surface area contributed by atoms with E-state index in [9.17, 15) is 43.5 Å². The van der Waals surface area contributed by atoms with Crippen LogP contribution in [-0.2, 0) is 68.4 Å². The van der Waals surface area contributed by atoms with Gasteiger partial charge in [-0.2, -0.15) is 0 Å². The lowest BCUT2D eigenvalue weighted by atomic mass is 9.98. The molecule has 20 nitrogen and oxygen atoms in total. The Bertz CT molecular complexity index is 2550. The van der Waals surface area contributed by atoms with Crippen molar-refractivity contribution in [1.82, 2.24) is 20.0 Å². The quantitative estimate of drug-likeness (QED) is 0.0510. The van der Waals surface area contributed by atoms with E-state index < -0.39 is 87.9 Å². The van der Waals surface area contributed by atoms with E-state index >= 15 is 0 Å². The number of hydrogen-bond acceptors (Lipinski definition) is 17. The van der Waals surface area contributed by atoms with Gasteiger partial charge in [-0.1, -0.05) is 60.7 Å². The number of carboxylic acids is 1. The number of carbonyl (C=O) groups excluding carboxylic acids is 7. The van der Waals surface area contributed by atoms with Crippen LogP contribution >= 0.6 is 0 Å². The van der Waals surface area contributed by atoms with Gasteiger partial charge in [0, 0.05) is 43.7 Å². The Morgan fingerprint density at radius 2 is 0.926 bits per heavy atom. The van der Waals surface area contributed by atoms with Gasteiger partial charge in [0.05, 0.1) is 32.7 Å². The van der Waals surface area contributed by atoms with Gasteiger partial charge in [-0.25, -0.2) is 9.59 Å². The highest BCUT2D eigenvalue weighted by atomic mass is 16.6. The number of benzene rings is 3. The lowest BCUT2D eigenvalue weighted by Crippen LogP contribution is -2.52. The molecule has 20 heteroatoms. The standard InChI is InChI=1S/C61H87N5O15/c1-57(2,3)77-50(68)34-64(30-31-65(35-51(69)78-58(4,5)6)36-52(70)79-59(7,8)9)33-42(66(37-53(71)80-60(10,11)12)38-54(72)81-61(13,14)15)32-40-24-26-41(27-25-40)62-49(67)29-28-48(55(73)74)63-56(75)76-39-47-45-22-18-16-20-43(45)44-21-17-19-23-46(44)47/h16-27,42,47-48H,28-39H2,1-15H3,(H,62,67)(H,63,75)(H,73,74). The largest absolute Gasteiger partial charge is 0.480 e. The van der Waals surface area contributed by atoms with Crippen molar-refractivity contribution in [2.45, 2.75) is 169 Å². The maximum atomic E-state index is 13.7. The first-order valence-electron chi connectivity index (χ1n) is 27.4. The summed E-state index contributed by atoms with van der Waals surface area (Å²) in [5.41, 5.74) is 0.870. The van der Waals surface area contributed by atoms with E-state index in [0.29, 0.717) is 11.3 Å². The van der Waals surface area contributed by atoms with Crippen LogP contribution in [0.2, 0.25) is 0 Å². The highest BCUT2D eigenvalue weighted by Crippen LogP contribution is 2.44. The zero-order valence-electron chi connectivity index (χ0n) is 50.1. The van der Waals surface area contributed by atoms with Crippen molar-refractivity contribution in [2.24, 2.45) is 0 Å². The summed E-state index contributed by atoms with van der Waals surface area (Å²) < 4.78 is 34.1. The molecule has 3 aromatic carbocycles. The van der Waals surface area contributed by atoms with E-state index in [2.05, 4.69) is 10.6 Å². The third-order valence-corrected chi connectivity index (χ3v) is 11.8. The molecule has 0 fully saturated rings. The molecule has 446 valence electrons. The Kier molecular flexibility index (Phi) is 23.6. The Labute approximate surface area is 477 Å². The number of esters is 5. The molecule has 3 N–H and O–H groups in total. The van der Waals surface area contributed by atoms with Crippen LogP contribution in [0.3, 0.4) is 0 Å². The van der Waals surface area contributed by atoms with Gasteiger partial charge in [0.25, 0.3) is 0 Å². The zero-order valence-corrected chi connectivity index (χ0v) is 50.1. The highest BCUT2D eigenvalue weighted by Gasteiger charge is 2.34. The van der Waals surface area contributed by atoms with Crippen LogP contribution in [0.15, 0.2) is 72.8 Å². The Hall–Kier alpha value is -6.90. The number of rotatable bonds is 26. The molecule has 2 unspecified atom stereocenters. The smallest absolute Gasteiger partial charge is 0.407 e. The molecule has 4 rings (SSSR count). The minimum atomic E-state index is -1.43. The molecular formula is C61H87N5O15. The monoisotopic (exact) mass is 1130 g/mol. The van der Waals surface area contributed by atoms with E-state index in [0.717, 1.165) is 22.3 Å². The first-order chi connectivity index (χ1) is 37.4. The molecule has 2 amide bonds. The van der Waals surface area contributed by atoms with Gasteiger partial charge in [0.1, 0.15) is 40.7 Å². The van der Waals surface area contributed by atoms with Crippen molar-refractivity contribution >= 4 is 53.5 Å². The summed E-state index contributed by atoms with van der Waals surface area (Å²) in [5, 5.41) is 15.2. The van der Waals surface area contributed by atoms with E-state index in [1.165, 1.54) is 0 Å². The molecule has 3 aromatic rings. The number of fused-ring (bicyclic) bond motifs is 3. The van der Waals surface area contributed by atoms with Gasteiger partial charge in [0.15, 0.2) is 0 Å². The number of hydrogen-bond donors (Lipinski definition) is 3. The Balaban J connectivity index is 1.59. The maximum Gasteiger partial charge on any atom is 0.407 e. The van der Waals surface area contributed by atoms with Crippen molar-refractivity contribution in [2.75, 3.05) is 64.3 Å². The fourth-order valence-electron chi connectivity index (χ4n) is 8.94. The third-order valence-electron chi connectivity index (χ3n) is 11.8. The number of anilines is 1. The molecule has 0 saturated carbocycles. The number of aliphatic carboxylic acids is 1. The lowest BCUT2D eigenvalue weighted by molar-refractivity contribution is -0.162. The number of nitrogens with zero attached hydrogens (tertiary/aromatic N) is 3. The second-order valence-corrected chi connectivity index (χ2v) is 25.3. The van der Waals surface area contributed by atoms with Crippen LogP contribution < -0.4 is 10.6 Å². The highest BCUT2D eigenvalue weighted by molar-refractivity contribution is 5.91. The molecule has 1 aliphatic rings. The normalized spacial score (nSPS) is 13.6. The van der Waals surface area contributed by atoms with Gasteiger partial charge in [-0.15, -0.1) is 0 Å². The van der Waals surface area contributed by atoms with Crippen molar-refractivity contribution in [1.29, 1.82) is 0 Å². The van der Waals surface area contributed by atoms with E-state index in [4.69, 9.17) is 28.4 Å².